The van der Waals surface area contributed by atoms with Crippen molar-refractivity contribution in [1.29, 1.82) is 0 Å². The van der Waals surface area contributed by atoms with Gasteiger partial charge in [0.1, 0.15) is 0 Å². The fraction of sp³-hybridized carbons (Fsp3) is 0.727. The van der Waals surface area contributed by atoms with Crippen LogP contribution in [0.25, 0.3) is 0 Å². The lowest BCUT2D eigenvalue weighted by Gasteiger charge is -2.14. The van der Waals surface area contributed by atoms with Crippen LogP contribution in [0.5, 0.6) is 0 Å². The summed E-state index contributed by atoms with van der Waals surface area (Å²) >= 11 is 0. The summed E-state index contributed by atoms with van der Waals surface area (Å²) in [5.41, 5.74) is 0. The van der Waals surface area contributed by atoms with Crippen LogP contribution in [-0.2, 0) is 10.0 Å². The Bertz CT molecular complexity index is 548. The maximum Gasteiger partial charge on any atom is 0.231 e. The first-order valence-electron chi connectivity index (χ1n) is 6.70. The monoisotopic (exact) mass is 317 g/mol. The molecule has 0 aliphatic rings. The number of hydrogen-bond donors (Lipinski definition) is 3. The molecule has 1 aromatic rings. The molecule has 0 saturated heterocycles. The molecule has 9 nitrogen and oxygen atoms in total. The van der Waals surface area contributed by atoms with Crippen molar-refractivity contribution in [3.8, 4) is 0 Å². The van der Waals surface area contributed by atoms with Gasteiger partial charge in [0.15, 0.2) is 0 Å². The molecule has 3 N–H and O–H groups in total. The van der Waals surface area contributed by atoms with E-state index in [2.05, 4.69) is 30.3 Å². The Morgan fingerprint density at radius 2 is 1.62 bits per heavy atom. The molecule has 0 aliphatic heterocycles. The minimum Gasteiger partial charge on any atom is -0.354 e. The second-order valence-electron chi connectivity index (χ2n) is 4.55. The maximum atomic E-state index is 11.3. The largest absolute Gasteiger partial charge is 0.354 e. The molecule has 0 atom stereocenters. The fourth-order valence-corrected chi connectivity index (χ4v) is 1.93. The molecule has 1 aromatic heterocycles. The van der Waals surface area contributed by atoms with E-state index in [1.807, 2.05) is 21.0 Å². The first-order chi connectivity index (χ1) is 9.88. The lowest BCUT2D eigenvalue weighted by molar-refractivity contribution is 0.588. The van der Waals surface area contributed by atoms with Crippen molar-refractivity contribution in [3.63, 3.8) is 0 Å². The van der Waals surface area contributed by atoms with Gasteiger partial charge in [0.2, 0.25) is 27.9 Å². The zero-order valence-electron chi connectivity index (χ0n) is 12.8. The van der Waals surface area contributed by atoms with E-state index in [9.17, 15) is 8.42 Å². The highest BCUT2D eigenvalue weighted by atomic mass is 32.2. The van der Waals surface area contributed by atoms with E-state index in [1.165, 1.54) is 7.05 Å². The van der Waals surface area contributed by atoms with Gasteiger partial charge < -0.3 is 15.5 Å². The molecular weight excluding hydrogens is 294 g/mol. The predicted molar refractivity (Wildman–Crippen MR) is 84.3 cm³/mol. The van der Waals surface area contributed by atoms with Crippen molar-refractivity contribution in [2.24, 2.45) is 0 Å². The molecule has 1 rings (SSSR count). The summed E-state index contributed by atoms with van der Waals surface area (Å²) in [7, 11) is 1.79. The van der Waals surface area contributed by atoms with Gasteiger partial charge in [-0.05, 0) is 13.5 Å². The zero-order valence-corrected chi connectivity index (χ0v) is 13.7. The average molecular weight is 317 g/mol. The Morgan fingerprint density at radius 1 is 1.05 bits per heavy atom. The van der Waals surface area contributed by atoms with Crippen molar-refractivity contribution in [1.82, 2.24) is 19.7 Å². The first-order valence-corrected chi connectivity index (χ1v) is 8.35. The molecule has 0 fully saturated rings. The molecule has 0 spiro atoms. The Kier molecular flexibility index (Phi) is 6.56. The van der Waals surface area contributed by atoms with Crippen LogP contribution in [0.2, 0.25) is 0 Å². The SMILES string of the molecule is CCCNc1nc(NCCS(=O)(=O)NC)nc(N(C)C)n1. The number of hydrogen-bond acceptors (Lipinski definition) is 8. The molecule has 0 amide bonds. The molecule has 0 radical (unpaired) electrons. The smallest absolute Gasteiger partial charge is 0.231 e. The lowest BCUT2D eigenvalue weighted by atomic mass is 10.5. The van der Waals surface area contributed by atoms with E-state index in [1.54, 1.807) is 4.90 Å². The first kappa shape index (κ1) is 17.4. The number of aromatic nitrogens is 3. The number of anilines is 3. The molecule has 21 heavy (non-hydrogen) atoms. The second-order valence-corrected chi connectivity index (χ2v) is 6.60. The van der Waals surface area contributed by atoms with Crippen molar-refractivity contribution < 1.29 is 8.42 Å². The highest BCUT2D eigenvalue weighted by molar-refractivity contribution is 7.89. The van der Waals surface area contributed by atoms with Crippen LogP contribution < -0.4 is 20.3 Å². The van der Waals surface area contributed by atoms with Crippen molar-refractivity contribution in [3.05, 3.63) is 0 Å². The molecular formula is C11H23N7O2S. The van der Waals surface area contributed by atoms with Gasteiger partial charge in [-0.1, -0.05) is 6.92 Å². The Labute approximate surface area is 125 Å². The third-order valence-corrected chi connectivity index (χ3v) is 3.89. The van der Waals surface area contributed by atoms with Crippen LogP contribution in [0.1, 0.15) is 13.3 Å². The fourth-order valence-electron chi connectivity index (χ4n) is 1.36. The van der Waals surface area contributed by atoms with Crippen molar-refractivity contribution in [2.75, 3.05) is 55.5 Å². The van der Waals surface area contributed by atoms with Crippen LogP contribution in [0, 0.1) is 0 Å². The van der Waals surface area contributed by atoms with Gasteiger partial charge in [-0.3, -0.25) is 0 Å². The summed E-state index contributed by atoms with van der Waals surface area (Å²) in [4.78, 5) is 14.5. The van der Waals surface area contributed by atoms with E-state index >= 15 is 0 Å². The standard InChI is InChI=1S/C11H23N7O2S/c1-5-6-13-9-15-10(17-11(16-9)18(3)4)14-7-8-21(19,20)12-2/h12H,5-8H2,1-4H3,(H2,13,14,15,16,17). The number of nitrogens with one attached hydrogen (secondary N) is 3. The summed E-state index contributed by atoms with van der Waals surface area (Å²) in [5, 5.41) is 5.99. The van der Waals surface area contributed by atoms with Gasteiger partial charge in [-0.15, -0.1) is 0 Å². The Balaban J connectivity index is 2.78. The van der Waals surface area contributed by atoms with Gasteiger partial charge in [-0.2, -0.15) is 15.0 Å². The molecule has 0 bridgehead atoms. The molecule has 0 aromatic carbocycles. The summed E-state index contributed by atoms with van der Waals surface area (Å²) < 4.78 is 25.0. The van der Waals surface area contributed by atoms with Gasteiger partial charge in [0, 0.05) is 27.2 Å². The molecule has 0 aliphatic carbocycles. The second kappa shape index (κ2) is 7.93. The van der Waals surface area contributed by atoms with Crippen LogP contribution in [-0.4, -0.2) is 63.4 Å². The molecule has 120 valence electrons. The van der Waals surface area contributed by atoms with Crippen molar-refractivity contribution >= 4 is 27.9 Å². The van der Waals surface area contributed by atoms with E-state index in [4.69, 9.17) is 0 Å². The van der Waals surface area contributed by atoms with Gasteiger partial charge in [0.05, 0.1) is 5.75 Å². The van der Waals surface area contributed by atoms with E-state index in [-0.39, 0.29) is 12.3 Å². The summed E-state index contributed by atoms with van der Waals surface area (Å²) in [6, 6.07) is 0. The summed E-state index contributed by atoms with van der Waals surface area (Å²) in [6.45, 7) is 3.01. The number of rotatable bonds is 9. The molecule has 0 saturated carbocycles. The highest BCUT2D eigenvalue weighted by Gasteiger charge is 2.10. The normalized spacial score (nSPS) is 11.2. The summed E-state index contributed by atoms with van der Waals surface area (Å²) in [6.07, 6.45) is 0.951. The van der Waals surface area contributed by atoms with Gasteiger partial charge in [-0.25, -0.2) is 13.1 Å². The number of sulfonamides is 1. The third kappa shape index (κ3) is 6.08. The van der Waals surface area contributed by atoms with E-state index in [0.29, 0.717) is 17.8 Å². The quantitative estimate of drug-likeness (QED) is 0.570. The van der Waals surface area contributed by atoms with Crippen LogP contribution in [0.15, 0.2) is 0 Å². The number of nitrogens with zero attached hydrogens (tertiary/aromatic N) is 4. The van der Waals surface area contributed by atoms with Gasteiger partial charge >= 0.3 is 0 Å². The minimum atomic E-state index is -3.25. The van der Waals surface area contributed by atoms with E-state index in [0.717, 1.165) is 13.0 Å². The molecule has 0 unspecified atom stereocenters. The lowest BCUT2D eigenvalue weighted by Crippen LogP contribution is -2.27. The topological polar surface area (TPSA) is 112 Å². The van der Waals surface area contributed by atoms with Crippen LogP contribution in [0.3, 0.4) is 0 Å². The Hall–Kier alpha value is -1.68. The zero-order chi connectivity index (χ0) is 15.9. The van der Waals surface area contributed by atoms with Crippen LogP contribution in [0.4, 0.5) is 17.8 Å². The molecule has 1 heterocycles. The minimum absolute atomic E-state index is 0.0514. The summed E-state index contributed by atoms with van der Waals surface area (Å²) in [5.74, 6) is 1.26. The maximum absolute atomic E-state index is 11.3. The third-order valence-electron chi connectivity index (χ3n) is 2.52. The predicted octanol–water partition coefficient (Wildman–Crippen LogP) is -0.279. The highest BCUT2D eigenvalue weighted by Crippen LogP contribution is 2.11. The van der Waals surface area contributed by atoms with Crippen LogP contribution >= 0.6 is 0 Å². The van der Waals surface area contributed by atoms with Crippen molar-refractivity contribution in [2.45, 2.75) is 13.3 Å². The van der Waals surface area contributed by atoms with E-state index < -0.39 is 10.0 Å². The molecule has 10 heteroatoms. The average Bonchev–Trinajstić information content (AvgIpc) is 2.44. The Morgan fingerprint density at radius 3 is 2.10 bits per heavy atom. The van der Waals surface area contributed by atoms with Gasteiger partial charge in [0.25, 0.3) is 0 Å².